The van der Waals surface area contributed by atoms with E-state index in [9.17, 15) is 9.59 Å². The molecule has 1 aliphatic carbocycles. The maximum atomic E-state index is 13.5. The van der Waals surface area contributed by atoms with Gasteiger partial charge in [-0.15, -0.1) is 0 Å². The van der Waals surface area contributed by atoms with Gasteiger partial charge in [0.15, 0.2) is 0 Å². The van der Waals surface area contributed by atoms with Crippen molar-refractivity contribution >= 4 is 33.6 Å². The van der Waals surface area contributed by atoms with Gasteiger partial charge < -0.3 is 4.74 Å². The standard InChI is InChI=1S/C21H20BrNO3/c1-20(2,3)26-19(25)23-17-10-15(22)8-9-16(17)21(18(23)24)11-13-6-4-5-7-14(13)12-21/h4-10H,11-12H2,1-3H3. The molecule has 0 N–H and O–H groups in total. The first-order chi connectivity index (χ1) is 12.2. The van der Waals surface area contributed by atoms with E-state index in [1.165, 1.54) is 16.0 Å². The molecule has 1 spiro atoms. The van der Waals surface area contributed by atoms with Crippen molar-refractivity contribution in [3.05, 3.63) is 63.6 Å². The molecule has 0 aromatic heterocycles. The molecule has 1 heterocycles. The van der Waals surface area contributed by atoms with Crippen molar-refractivity contribution in [3.8, 4) is 0 Å². The van der Waals surface area contributed by atoms with Gasteiger partial charge in [-0.05, 0) is 62.4 Å². The lowest BCUT2D eigenvalue weighted by molar-refractivity contribution is -0.122. The monoisotopic (exact) mass is 413 g/mol. The molecule has 4 nitrogen and oxygen atoms in total. The number of amides is 2. The van der Waals surface area contributed by atoms with Gasteiger partial charge in [0.25, 0.3) is 0 Å². The van der Waals surface area contributed by atoms with Crippen molar-refractivity contribution in [1.29, 1.82) is 0 Å². The van der Waals surface area contributed by atoms with Crippen molar-refractivity contribution in [3.63, 3.8) is 0 Å². The molecular weight excluding hydrogens is 394 g/mol. The van der Waals surface area contributed by atoms with E-state index >= 15 is 0 Å². The van der Waals surface area contributed by atoms with Gasteiger partial charge >= 0.3 is 6.09 Å². The second-order valence-corrected chi connectivity index (χ2v) is 8.90. The molecule has 0 unspecified atom stereocenters. The highest BCUT2D eigenvalue weighted by atomic mass is 79.9. The van der Waals surface area contributed by atoms with Crippen molar-refractivity contribution in [2.75, 3.05) is 4.90 Å². The second kappa shape index (κ2) is 5.68. The number of ether oxygens (including phenoxy) is 1. The molecule has 0 atom stereocenters. The zero-order chi connectivity index (χ0) is 18.7. The summed E-state index contributed by atoms with van der Waals surface area (Å²) in [4.78, 5) is 27.5. The van der Waals surface area contributed by atoms with Gasteiger partial charge in [-0.2, -0.15) is 0 Å². The van der Waals surface area contributed by atoms with Crippen LogP contribution in [0.5, 0.6) is 0 Å². The number of benzene rings is 2. The van der Waals surface area contributed by atoms with E-state index in [0.29, 0.717) is 18.5 Å². The SMILES string of the molecule is CC(C)(C)OC(=O)N1C(=O)C2(Cc3ccccc3C2)c2ccc(Br)cc21. The number of hydrogen-bond acceptors (Lipinski definition) is 3. The van der Waals surface area contributed by atoms with Gasteiger partial charge in [0.05, 0.1) is 11.1 Å². The average molecular weight is 414 g/mol. The highest BCUT2D eigenvalue weighted by Gasteiger charge is 2.56. The Bertz CT molecular complexity index is 904. The summed E-state index contributed by atoms with van der Waals surface area (Å²) in [6.07, 6.45) is 0.598. The molecule has 0 saturated heterocycles. The minimum absolute atomic E-state index is 0.198. The predicted molar refractivity (Wildman–Crippen MR) is 103 cm³/mol. The summed E-state index contributed by atoms with van der Waals surface area (Å²) in [6, 6.07) is 13.8. The number of carbonyl (C=O) groups is 2. The largest absolute Gasteiger partial charge is 0.443 e. The normalized spacial score (nSPS) is 17.4. The molecule has 0 fully saturated rings. The van der Waals surface area contributed by atoms with Crippen LogP contribution >= 0.6 is 15.9 Å². The Kier molecular flexibility index (Phi) is 3.77. The van der Waals surface area contributed by atoms with Crippen LogP contribution in [0.3, 0.4) is 0 Å². The molecular formula is C21H20BrNO3. The molecule has 26 heavy (non-hydrogen) atoms. The lowest BCUT2D eigenvalue weighted by atomic mass is 9.79. The highest BCUT2D eigenvalue weighted by molar-refractivity contribution is 9.10. The molecule has 134 valence electrons. The van der Waals surface area contributed by atoms with Crippen LogP contribution < -0.4 is 4.90 Å². The summed E-state index contributed by atoms with van der Waals surface area (Å²) in [6.45, 7) is 5.40. The fourth-order valence-electron chi connectivity index (χ4n) is 3.98. The van der Waals surface area contributed by atoms with Crippen molar-refractivity contribution in [1.82, 2.24) is 0 Å². The number of hydrogen-bond donors (Lipinski definition) is 0. The topological polar surface area (TPSA) is 46.6 Å². The number of carbonyl (C=O) groups excluding carboxylic acids is 2. The molecule has 1 aliphatic heterocycles. The van der Waals surface area contributed by atoms with Crippen LogP contribution in [-0.4, -0.2) is 17.6 Å². The van der Waals surface area contributed by atoms with Crippen LogP contribution in [0.2, 0.25) is 0 Å². The third kappa shape index (κ3) is 2.57. The Labute approximate surface area is 161 Å². The van der Waals surface area contributed by atoms with Crippen LogP contribution in [0.15, 0.2) is 46.9 Å². The molecule has 2 aliphatic rings. The fourth-order valence-corrected chi connectivity index (χ4v) is 4.33. The van der Waals surface area contributed by atoms with E-state index in [1.807, 2.05) is 30.3 Å². The lowest BCUT2D eigenvalue weighted by Crippen LogP contribution is -2.45. The molecule has 5 heteroatoms. The fraction of sp³-hybridized carbons (Fsp3) is 0.333. The van der Waals surface area contributed by atoms with Crippen molar-refractivity contribution < 1.29 is 14.3 Å². The Balaban J connectivity index is 1.82. The van der Waals surface area contributed by atoms with Gasteiger partial charge in [0.1, 0.15) is 5.60 Å². The number of fused-ring (bicyclic) bond motifs is 3. The third-order valence-corrected chi connectivity index (χ3v) is 5.50. The van der Waals surface area contributed by atoms with Crippen molar-refractivity contribution in [2.45, 2.75) is 44.6 Å². The third-order valence-electron chi connectivity index (χ3n) is 5.01. The van der Waals surface area contributed by atoms with E-state index in [2.05, 4.69) is 28.1 Å². The van der Waals surface area contributed by atoms with E-state index in [1.54, 1.807) is 20.8 Å². The van der Waals surface area contributed by atoms with Gasteiger partial charge in [-0.3, -0.25) is 4.79 Å². The number of rotatable bonds is 0. The summed E-state index contributed by atoms with van der Waals surface area (Å²) < 4.78 is 6.34. The van der Waals surface area contributed by atoms with Crippen LogP contribution in [0, 0.1) is 0 Å². The second-order valence-electron chi connectivity index (χ2n) is 7.99. The quantitative estimate of drug-likeness (QED) is 0.624. The van der Waals surface area contributed by atoms with E-state index in [0.717, 1.165) is 10.0 Å². The molecule has 0 radical (unpaired) electrons. The smallest absolute Gasteiger partial charge is 0.421 e. The highest BCUT2D eigenvalue weighted by Crippen LogP contribution is 2.50. The van der Waals surface area contributed by atoms with Crippen LogP contribution in [0.25, 0.3) is 0 Å². The van der Waals surface area contributed by atoms with Gasteiger partial charge in [-0.25, -0.2) is 9.69 Å². The molecule has 0 saturated carbocycles. The first-order valence-electron chi connectivity index (χ1n) is 8.66. The van der Waals surface area contributed by atoms with Crippen LogP contribution in [0.1, 0.15) is 37.5 Å². The van der Waals surface area contributed by atoms with Gasteiger partial charge in [-0.1, -0.05) is 46.3 Å². The van der Waals surface area contributed by atoms with Crippen LogP contribution in [0.4, 0.5) is 10.5 Å². The number of imide groups is 1. The summed E-state index contributed by atoms with van der Waals surface area (Å²) in [5.74, 6) is -0.198. The minimum Gasteiger partial charge on any atom is -0.443 e. The molecule has 4 rings (SSSR count). The summed E-state index contributed by atoms with van der Waals surface area (Å²) in [5, 5.41) is 0. The maximum absolute atomic E-state index is 13.5. The summed E-state index contributed by atoms with van der Waals surface area (Å²) >= 11 is 3.46. The Morgan fingerprint density at radius 2 is 1.73 bits per heavy atom. The summed E-state index contributed by atoms with van der Waals surface area (Å²) in [5.41, 5.74) is 2.45. The van der Waals surface area contributed by atoms with E-state index in [-0.39, 0.29) is 5.91 Å². The first-order valence-corrected chi connectivity index (χ1v) is 9.45. The zero-order valence-corrected chi connectivity index (χ0v) is 16.6. The Morgan fingerprint density at radius 3 is 2.31 bits per heavy atom. The van der Waals surface area contributed by atoms with E-state index in [4.69, 9.17) is 4.74 Å². The zero-order valence-electron chi connectivity index (χ0n) is 15.0. The van der Waals surface area contributed by atoms with E-state index < -0.39 is 17.1 Å². The number of nitrogens with zero attached hydrogens (tertiary/aromatic N) is 1. The summed E-state index contributed by atoms with van der Waals surface area (Å²) in [7, 11) is 0. The molecule has 2 amide bonds. The van der Waals surface area contributed by atoms with Gasteiger partial charge in [0.2, 0.25) is 5.91 Å². The molecule has 2 aromatic carbocycles. The number of anilines is 1. The van der Waals surface area contributed by atoms with Crippen molar-refractivity contribution in [2.24, 2.45) is 0 Å². The lowest BCUT2D eigenvalue weighted by Gasteiger charge is -2.25. The minimum atomic E-state index is -0.726. The molecule has 0 bridgehead atoms. The number of halogens is 1. The maximum Gasteiger partial charge on any atom is 0.421 e. The average Bonchev–Trinajstić information content (AvgIpc) is 3.03. The Morgan fingerprint density at radius 1 is 1.12 bits per heavy atom. The first kappa shape index (κ1) is 17.3. The van der Waals surface area contributed by atoms with Crippen LogP contribution in [-0.2, 0) is 27.8 Å². The predicted octanol–water partition coefficient (Wildman–Crippen LogP) is 4.77. The molecule has 2 aromatic rings. The Hall–Kier alpha value is -2.14. The van der Waals surface area contributed by atoms with Gasteiger partial charge in [0, 0.05) is 4.47 Å².